The highest BCUT2D eigenvalue weighted by Gasteiger charge is 2.39. The number of aliphatic imine (C=N–C) groups is 1. The summed E-state index contributed by atoms with van der Waals surface area (Å²) in [6, 6.07) is 7.09. The summed E-state index contributed by atoms with van der Waals surface area (Å²) in [5.41, 5.74) is 1.40. The van der Waals surface area contributed by atoms with E-state index in [0.29, 0.717) is 29.3 Å². The monoisotopic (exact) mass is 455 g/mol. The number of hydrogen-bond acceptors (Lipinski definition) is 4. The first kappa shape index (κ1) is 23.8. The van der Waals surface area contributed by atoms with Crippen molar-refractivity contribution in [3.05, 3.63) is 53.3 Å². The average molecular weight is 456 g/mol. The number of nitrogens with one attached hydrogen (secondary N) is 1. The lowest BCUT2D eigenvalue weighted by atomic mass is 9.79. The SMILES string of the molecule is C=N/C(=C\C=C(/C)C#Cc1ccccc1NS(=O)(=O)N1CCC[C@H]2CCCC[C@@H]21)C(=O)O. The van der Waals surface area contributed by atoms with E-state index in [1.54, 1.807) is 35.5 Å². The smallest absolute Gasteiger partial charge is 0.354 e. The van der Waals surface area contributed by atoms with E-state index in [9.17, 15) is 13.2 Å². The van der Waals surface area contributed by atoms with E-state index < -0.39 is 16.2 Å². The van der Waals surface area contributed by atoms with Gasteiger partial charge in [0.1, 0.15) is 5.70 Å². The Morgan fingerprint density at radius 3 is 2.69 bits per heavy atom. The minimum Gasteiger partial charge on any atom is -0.477 e. The van der Waals surface area contributed by atoms with Gasteiger partial charge in [-0.1, -0.05) is 36.8 Å². The van der Waals surface area contributed by atoms with Crippen molar-refractivity contribution in [1.29, 1.82) is 0 Å². The predicted octanol–water partition coefficient (Wildman–Crippen LogP) is 3.96. The van der Waals surface area contributed by atoms with Crippen LogP contribution in [0.25, 0.3) is 0 Å². The van der Waals surface area contributed by atoms with Crippen LogP contribution in [0, 0.1) is 17.8 Å². The molecule has 8 heteroatoms. The van der Waals surface area contributed by atoms with Gasteiger partial charge in [0.05, 0.1) is 5.69 Å². The highest BCUT2D eigenvalue weighted by Crippen LogP contribution is 2.37. The number of allylic oxidation sites excluding steroid dienone is 3. The van der Waals surface area contributed by atoms with Crippen LogP contribution in [0.5, 0.6) is 0 Å². The van der Waals surface area contributed by atoms with E-state index in [1.165, 1.54) is 18.6 Å². The largest absolute Gasteiger partial charge is 0.477 e. The molecule has 1 heterocycles. The van der Waals surface area contributed by atoms with Gasteiger partial charge in [-0.3, -0.25) is 9.71 Å². The van der Waals surface area contributed by atoms with Gasteiger partial charge < -0.3 is 5.11 Å². The topological polar surface area (TPSA) is 99.1 Å². The van der Waals surface area contributed by atoms with E-state index in [4.69, 9.17) is 5.11 Å². The Hall–Kier alpha value is -2.89. The second-order valence-electron chi connectivity index (χ2n) is 8.13. The van der Waals surface area contributed by atoms with Crippen LogP contribution in [0.15, 0.2) is 52.7 Å². The number of rotatable bonds is 6. The van der Waals surface area contributed by atoms with Crippen LogP contribution in [0.3, 0.4) is 0 Å². The lowest BCUT2D eigenvalue weighted by Gasteiger charge is -2.43. The first-order chi connectivity index (χ1) is 15.3. The van der Waals surface area contributed by atoms with Gasteiger partial charge in [-0.05, 0) is 75.1 Å². The maximum atomic E-state index is 13.3. The van der Waals surface area contributed by atoms with Crippen molar-refractivity contribution < 1.29 is 18.3 Å². The summed E-state index contributed by atoms with van der Waals surface area (Å²) < 4.78 is 30.9. The van der Waals surface area contributed by atoms with Gasteiger partial charge in [0, 0.05) is 18.2 Å². The normalized spacial score (nSPS) is 22.3. The zero-order chi connectivity index (χ0) is 23.1. The van der Waals surface area contributed by atoms with Gasteiger partial charge in [0.15, 0.2) is 0 Å². The van der Waals surface area contributed by atoms with E-state index in [-0.39, 0.29) is 11.7 Å². The number of nitrogens with zero attached hydrogens (tertiary/aromatic N) is 2. The zero-order valence-electron chi connectivity index (χ0n) is 18.3. The fraction of sp³-hybridized carbons (Fsp3) is 0.417. The molecule has 0 spiro atoms. The summed E-state index contributed by atoms with van der Waals surface area (Å²) in [5, 5.41) is 8.98. The minimum atomic E-state index is -3.70. The van der Waals surface area contributed by atoms with Crippen molar-refractivity contribution in [1.82, 2.24) is 4.31 Å². The second-order valence-corrected chi connectivity index (χ2v) is 9.76. The van der Waals surface area contributed by atoms with Crippen LogP contribution < -0.4 is 4.72 Å². The first-order valence-corrected chi connectivity index (χ1v) is 12.2. The molecule has 2 aliphatic rings. The van der Waals surface area contributed by atoms with Crippen LogP contribution in [-0.4, -0.2) is 43.1 Å². The molecule has 1 aliphatic carbocycles. The predicted molar refractivity (Wildman–Crippen MR) is 127 cm³/mol. The van der Waals surface area contributed by atoms with Crippen molar-refractivity contribution in [2.24, 2.45) is 10.9 Å². The fourth-order valence-electron chi connectivity index (χ4n) is 4.36. The summed E-state index contributed by atoms with van der Waals surface area (Å²) in [5.74, 6) is 5.19. The Bertz CT molecular complexity index is 1090. The van der Waals surface area contributed by atoms with Crippen molar-refractivity contribution >= 4 is 28.6 Å². The molecular formula is C24H29N3O4S. The van der Waals surface area contributed by atoms with E-state index in [1.807, 2.05) is 0 Å². The average Bonchev–Trinajstić information content (AvgIpc) is 2.78. The molecule has 32 heavy (non-hydrogen) atoms. The minimum absolute atomic E-state index is 0.0760. The van der Waals surface area contributed by atoms with Crippen LogP contribution >= 0.6 is 0 Å². The van der Waals surface area contributed by atoms with Gasteiger partial charge in [-0.15, -0.1) is 0 Å². The number of carboxylic acids is 1. The Kier molecular flexibility index (Phi) is 7.89. The molecule has 0 radical (unpaired) electrons. The number of benzene rings is 1. The van der Waals surface area contributed by atoms with Gasteiger partial charge in [0.25, 0.3) is 0 Å². The highest BCUT2D eigenvalue weighted by atomic mass is 32.2. The standard InChI is InChI=1S/C24H29N3O4S/c1-18(14-16-22(25-2)24(28)29)13-15-19-8-3-5-11-21(19)26-32(30,31)27-17-7-10-20-9-4-6-12-23(20)27/h3,5,8,11,14,16,20,23,26H,2,4,6-7,9-10,12,17H2,1H3,(H,28,29)/b18-14+,22-16-/t20-,23+/m1/s1. The number of para-hydroxylation sites is 1. The van der Waals surface area contributed by atoms with Crippen LogP contribution in [0.2, 0.25) is 0 Å². The van der Waals surface area contributed by atoms with Crippen molar-refractivity contribution in [3.63, 3.8) is 0 Å². The lowest BCUT2D eigenvalue weighted by Crippen LogP contribution is -2.51. The quantitative estimate of drug-likeness (QED) is 0.293. The van der Waals surface area contributed by atoms with E-state index in [2.05, 4.69) is 28.3 Å². The number of piperidine rings is 1. The third kappa shape index (κ3) is 5.87. The zero-order valence-corrected chi connectivity index (χ0v) is 19.1. The molecular weight excluding hydrogens is 426 g/mol. The maximum Gasteiger partial charge on any atom is 0.354 e. The molecule has 0 bridgehead atoms. The summed E-state index contributed by atoms with van der Waals surface area (Å²) in [7, 11) is -3.70. The van der Waals surface area contributed by atoms with Crippen molar-refractivity contribution in [2.45, 2.75) is 51.5 Å². The lowest BCUT2D eigenvalue weighted by molar-refractivity contribution is -0.132. The molecule has 2 fully saturated rings. The summed E-state index contributed by atoms with van der Waals surface area (Å²) in [6.45, 7) is 5.50. The van der Waals surface area contributed by atoms with Gasteiger partial charge in [0.2, 0.25) is 0 Å². The van der Waals surface area contributed by atoms with Crippen LogP contribution in [-0.2, 0) is 15.0 Å². The molecule has 1 aromatic carbocycles. The van der Waals surface area contributed by atoms with Crippen molar-refractivity contribution in [2.75, 3.05) is 11.3 Å². The highest BCUT2D eigenvalue weighted by molar-refractivity contribution is 7.90. The third-order valence-electron chi connectivity index (χ3n) is 5.94. The Labute approximate surface area is 190 Å². The van der Waals surface area contributed by atoms with Gasteiger partial charge >= 0.3 is 16.2 Å². The Morgan fingerprint density at radius 2 is 1.94 bits per heavy atom. The Balaban J connectivity index is 1.81. The molecule has 0 amide bonds. The molecule has 1 aromatic rings. The van der Waals surface area contributed by atoms with E-state index >= 15 is 0 Å². The molecule has 1 saturated heterocycles. The van der Waals surface area contributed by atoms with Crippen molar-refractivity contribution in [3.8, 4) is 11.8 Å². The second kappa shape index (κ2) is 10.6. The Morgan fingerprint density at radius 1 is 1.22 bits per heavy atom. The molecule has 7 nitrogen and oxygen atoms in total. The van der Waals surface area contributed by atoms with E-state index in [0.717, 1.165) is 32.1 Å². The fourth-order valence-corrected chi connectivity index (χ4v) is 5.94. The van der Waals surface area contributed by atoms with Crippen LogP contribution in [0.1, 0.15) is 51.0 Å². The molecule has 0 unspecified atom stereocenters. The molecule has 1 aliphatic heterocycles. The molecule has 2 N–H and O–H groups in total. The van der Waals surface area contributed by atoms with Crippen LogP contribution in [0.4, 0.5) is 5.69 Å². The molecule has 170 valence electrons. The van der Waals surface area contributed by atoms with Gasteiger partial charge in [-0.25, -0.2) is 4.79 Å². The third-order valence-corrected chi connectivity index (χ3v) is 7.49. The molecule has 3 rings (SSSR count). The summed E-state index contributed by atoms with van der Waals surface area (Å²) in [6.07, 6.45) is 9.12. The number of hydrogen-bond donors (Lipinski definition) is 2. The summed E-state index contributed by atoms with van der Waals surface area (Å²) >= 11 is 0. The number of anilines is 1. The molecule has 0 aromatic heterocycles. The number of carboxylic acid groups (broad SMARTS) is 1. The molecule has 1 saturated carbocycles. The number of aliphatic carboxylic acids is 1. The molecule has 2 atom stereocenters. The summed E-state index contributed by atoms with van der Waals surface area (Å²) in [4.78, 5) is 14.4. The first-order valence-electron chi connectivity index (χ1n) is 10.8. The van der Waals surface area contributed by atoms with Gasteiger partial charge in [-0.2, -0.15) is 12.7 Å². The number of fused-ring (bicyclic) bond motifs is 1. The number of carbonyl (C=O) groups is 1. The maximum absolute atomic E-state index is 13.3.